The van der Waals surface area contributed by atoms with Crippen LogP contribution in [0.1, 0.15) is 88.9 Å². The van der Waals surface area contributed by atoms with Crippen molar-refractivity contribution in [2.45, 2.75) is 92.3 Å². The Morgan fingerprint density at radius 2 is 1.62 bits per heavy atom. The van der Waals surface area contributed by atoms with Gasteiger partial charge in [0.25, 0.3) is 0 Å². The highest BCUT2D eigenvalue weighted by molar-refractivity contribution is 7.18. The fourth-order valence-electron chi connectivity index (χ4n) is 5.36. The molecule has 224 valence electrons. The SMILES string of the molecule is C=C(C)c1c(-c2cn3ncnc3c(C)c2C)n(C(=O)OC(C)(C)C)c2sc(C3CCN(C(=O)OC(C)(C)C)CC3)nc12. The highest BCUT2D eigenvalue weighted by Crippen LogP contribution is 2.44. The van der Waals surface area contributed by atoms with Gasteiger partial charge in [-0.15, -0.1) is 0 Å². The van der Waals surface area contributed by atoms with Crippen molar-refractivity contribution in [1.29, 1.82) is 0 Å². The van der Waals surface area contributed by atoms with Crippen molar-refractivity contribution in [1.82, 2.24) is 29.0 Å². The molecule has 1 amide bonds. The maximum absolute atomic E-state index is 13.9. The number of fused-ring (bicyclic) bond motifs is 2. The van der Waals surface area contributed by atoms with Gasteiger partial charge < -0.3 is 14.4 Å². The molecule has 0 aliphatic carbocycles. The van der Waals surface area contributed by atoms with Crippen molar-refractivity contribution >= 4 is 45.1 Å². The van der Waals surface area contributed by atoms with Gasteiger partial charge in [-0.1, -0.05) is 17.9 Å². The summed E-state index contributed by atoms with van der Waals surface area (Å²) < 4.78 is 14.9. The van der Waals surface area contributed by atoms with E-state index in [4.69, 9.17) is 14.5 Å². The lowest BCUT2D eigenvalue weighted by atomic mass is 9.97. The zero-order valence-electron chi connectivity index (χ0n) is 26.0. The monoisotopic (exact) mass is 592 g/mol. The molecule has 0 radical (unpaired) electrons. The third-order valence-corrected chi connectivity index (χ3v) is 8.61. The number of carbonyl (C=O) groups excluding carboxylic acids is 2. The molecule has 10 nitrogen and oxygen atoms in total. The van der Waals surface area contributed by atoms with E-state index in [9.17, 15) is 9.59 Å². The number of pyridine rings is 1. The molecule has 1 aliphatic heterocycles. The quantitative estimate of drug-likeness (QED) is 0.245. The minimum atomic E-state index is -0.697. The Labute approximate surface area is 250 Å². The van der Waals surface area contributed by atoms with E-state index < -0.39 is 17.3 Å². The summed E-state index contributed by atoms with van der Waals surface area (Å²) in [5.41, 5.74) is 5.37. The van der Waals surface area contributed by atoms with Gasteiger partial charge in [-0.05, 0) is 91.9 Å². The number of ether oxygens (including phenoxy) is 2. The van der Waals surface area contributed by atoms with Gasteiger partial charge in [0.2, 0.25) is 0 Å². The van der Waals surface area contributed by atoms with Crippen LogP contribution in [0.25, 0.3) is 32.8 Å². The molecule has 1 aliphatic rings. The standard InChI is InChI=1S/C31H40N6O4S/c1-17(2)22-23-27(42-26(34-23)20-11-13-35(14-12-20)28(38)40-30(5,6)7)37(29(39)41-31(8,9)10)24(22)21-15-36-25(32-16-33-36)19(4)18(21)3/h15-16,20H,1,11-14H2,2-10H3. The van der Waals surface area contributed by atoms with Gasteiger partial charge in [-0.2, -0.15) is 5.10 Å². The van der Waals surface area contributed by atoms with Gasteiger partial charge in [-0.25, -0.2) is 28.6 Å². The van der Waals surface area contributed by atoms with Gasteiger partial charge in [0.15, 0.2) is 5.65 Å². The summed E-state index contributed by atoms with van der Waals surface area (Å²) in [6, 6.07) is 0. The van der Waals surface area contributed by atoms with Crippen LogP contribution in [0.4, 0.5) is 9.59 Å². The lowest BCUT2D eigenvalue weighted by Crippen LogP contribution is -2.41. The summed E-state index contributed by atoms with van der Waals surface area (Å²) in [6.07, 6.45) is 4.20. The van der Waals surface area contributed by atoms with Gasteiger partial charge in [0.1, 0.15) is 27.9 Å². The van der Waals surface area contributed by atoms with Crippen molar-refractivity contribution in [2.75, 3.05) is 13.1 Å². The minimum absolute atomic E-state index is 0.157. The van der Waals surface area contributed by atoms with Crippen LogP contribution < -0.4 is 0 Å². The Morgan fingerprint density at radius 1 is 1.00 bits per heavy atom. The number of allylic oxidation sites excluding steroid dienone is 1. The van der Waals surface area contributed by atoms with E-state index >= 15 is 0 Å². The van der Waals surface area contributed by atoms with E-state index in [1.54, 1.807) is 14.0 Å². The van der Waals surface area contributed by atoms with Crippen molar-refractivity contribution in [3.05, 3.63) is 40.8 Å². The maximum Gasteiger partial charge on any atom is 0.420 e. The van der Waals surface area contributed by atoms with E-state index in [-0.39, 0.29) is 12.0 Å². The molecule has 4 aromatic heterocycles. The Hall–Kier alpha value is -3.73. The number of hydrogen-bond acceptors (Lipinski definition) is 8. The van der Waals surface area contributed by atoms with Crippen LogP contribution in [-0.4, -0.2) is 65.5 Å². The lowest BCUT2D eigenvalue weighted by Gasteiger charge is -2.32. The zero-order chi connectivity index (χ0) is 30.7. The van der Waals surface area contributed by atoms with Gasteiger partial charge in [-0.3, -0.25) is 0 Å². The van der Waals surface area contributed by atoms with Gasteiger partial charge >= 0.3 is 12.2 Å². The van der Waals surface area contributed by atoms with E-state index in [0.29, 0.717) is 18.8 Å². The van der Waals surface area contributed by atoms with Crippen LogP contribution in [-0.2, 0) is 9.47 Å². The maximum atomic E-state index is 13.9. The van der Waals surface area contributed by atoms with Crippen LogP contribution in [0.15, 0.2) is 19.1 Å². The second-order valence-corrected chi connectivity index (χ2v) is 14.1. The molecule has 0 atom stereocenters. The second-order valence-electron chi connectivity index (χ2n) is 13.1. The smallest absolute Gasteiger partial charge is 0.420 e. The van der Waals surface area contributed by atoms with Crippen molar-refractivity contribution in [3.8, 4) is 11.3 Å². The number of amides is 1. The molecule has 0 N–H and O–H groups in total. The number of nitrogens with zero attached hydrogens (tertiary/aromatic N) is 6. The molecular formula is C31H40N6O4S. The van der Waals surface area contributed by atoms with E-state index in [0.717, 1.165) is 61.7 Å². The van der Waals surface area contributed by atoms with E-state index in [1.165, 1.54) is 17.7 Å². The fourth-order valence-corrected chi connectivity index (χ4v) is 6.60. The first kappa shape index (κ1) is 29.8. The Balaban J connectivity index is 1.62. The topological polar surface area (TPSA) is 104 Å². The second kappa shape index (κ2) is 10.5. The highest BCUT2D eigenvalue weighted by Gasteiger charge is 2.34. The first-order valence-corrected chi connectivity index (χ1v) is 15.1. The average Bonchev–Trinajstić information content (AvgIpc) is 3.57. The molecule has 0 bridgehead atoms. The normalized spacial score (nSPS) is 15.0. The largest absolute Gasteiger partial charge is 0.444 e. The number of carbonyl (C=O) groups is 2. The number of piperidine rings is 1. The predicted molar refractivity (Wildman–Crippen MR) is 165 cm³/mol. The zero-order valence-corrected chi connectivity index (χ0v) is 26.8. The first-order chi connectivity index (χ1) is 19.6. The molecule has 1 saturated heterocycles. The van der Waals surface area contributed by atoms with E-state index in [2.05, 4.69) is 16.7 Å². The summed E-state index contributed by atoms with van der Waals surface area (Å²) in [4.78, 5) is 38.6. The number of aromatic nitrogens is 5. The Kier molecular flexibility index (Phi) is 7.45. The van der Waals surface area contributed by atoms with Gasteiger partial charge in [0, 0.05) is 36.3 Å². The van der Waals surface area contributed by atoms with Crippen LogP contribution in [0, 0.1) is 13.8 Å². The lowest BCUT2D eigenvalue weighted by molar-refractivity contribution is 0.0204. The Bertz CT molecular complexity index is 1710. The number of likely N-dealkylation sites (tertiary alicyclic amines) is 1. The van der Waals surface area contributed by atoms with Crippen LogP contribution in [0.3, 0.4) is 0 Å². The molecule has 0 aromatic carbocycles. The molecule has 42 heavy (non-hydrogen) atoms. The number of hydrogen-bond donors (Lipinski definition) is 0. The molecule has 0 unspecified atom stereocenters. The molecular weight excluding hydrogens is 552 g/mol. The third kappa shape index (κ3) is 5.54. The minimum Gasteiger partial charge on any atom is -0.444 e. The van der Waals surface area contributed by atoms with Crippen LogP contribution in [0.5, 0.6) is 0 Å². The summed E-state index contributed by atoms with van der Waals surface area (Å²) in [5, 5.41) is 5.32. The fraction of sp³-hybridized carbons (Fsp3) is 0.516. The number of thiazole rings is 1. The van der Waals surface area contributed by atoms with Crippen LogP contribution >= 0.6 is 11.3 Å². The molecule has 11 heteroatoms. The van der Waals surface area contributed by atoms with Crippen molar-refractivity contribution < 1.29 is 19.1 Å². The van der Waals surface area contributed by atoms with Gasteiger partial charge in [0.05, 0.1) is 10.7 Å². The van der Waals surface area contributed by atoms with E-state index in [1.807, 2.05) is 68.5 Å². The molecule has 5 rings (SSSR count). The highest BCUT2D eigenvalue weighted by atomic mass is 32.1. The number of aryl methyl sites for hydroxylation is 1. The molecule has 5 heterocycles. The Morgan fingerprint density at radius 3 is 2.21 bits per heavy atom. The summed E-state index contributed by atoms with van der Waals surface area (Å²) in [6.45, 7) is 22.6. The predicted octanol–water partition coefficient (Wildman–Crippen LogP) is 7.36. The van der Waals surface area contributed by atoms with Crippen molar-refractivity contribution in [3.63, 3.8) is 0 Å². The first-order valence-electron chi connectivity index (χ1n) is 14.3. The molecule has 0 saturated carbocycles. The average molecular weight is 593 g/mol. The molecule has 1 fully saturated rings. The third-order valence-electron chi connectivity index (χ3n) is 7.41. The summed E-state index contributed by atoms with van der Waals surface area (Å²) >= 11 is 1.51. The number of rotatable bonds is 3. The van der Waals surface area contributed by atoms with Crippen molar-refractivity contribution in [2.24, 2.45) is 0 Å². The van der Waals surface area contributed by atoms with Crippen LogP contribution in [0.2, 0.25) is 0 Å². The molecule has 4 aromatic rings. The summed E-state index contributed by atoms with van der Waals surface area (Å²) in [5.74, 6) is 0.157. The molecule has 0 spiro atoms. The summed E-state index contributed by atoms with van der Waals surface area (Å²) in [7, 11) is 0.